The van der Waals surface area contributed by atoms with Crippen LogP contribution in [0.2, 0.25) is 0 Å². The number of furan rings is 2. The molecule has 0 saturated carbocycles. The van der Waals surface area contributed by atoms with Crippen LogP contribution in [0.5, 0.6) is 0 Å². The van der Waals surface area contributed by atoms with Crippen LogP contribution >= 0.6 is 0 Å². The van der Waals surface area contributed by atoms with Crippen molar-refractivity contribution in [3.8, 4) is 56.4 Å². The van der Waals surface area contributed by atoms with Gasteiger partial charge in [-0.2, -0.15) is 0 Å². The maximum Gasteiger partial charge on any atom is 0.164 e. The Balaban J connectivity index is 1.15. The van der Waals surface area contributed by atoms with Crippen LogP contribution in [0, 0.1) is 0 Å². The molecule has 0 bridgehead atoms. The molecule has 0 aliphatic rings. The third-order valence-electron chi connectivity index (χ3n) is 10.3. The van der Waals surface area contributed by atoms with Gasteiger partial charge in [0.15, 0.2) is 17.5 Å². The largest absolute Gasteiger partial charge is 0.456 e. The Morgan fingerprint density at radius 3 is 1.65 bits per heavy atom. The SMILES string of the molecule is c1ccc(-c2nc(-c3ccc(-c4cccc5oc6cc7ccccc7cc6c45)c(-c4ccccc4)c3)nc(-c3cccc4oc5ccccc5c34)n2)cc1. The number of aromatic nitrogens is 3. The normalized spacial score (nSPS) is 11.7. The number of hydrogen-bond acceptors (Lipinski definition) is 5. The molecule has 252 valence electrons. The van der Waals surface area contributed by atoms with Crippen LogP contribution in [0.25, 0.3) is 111 Å². The van der Waals surface area contributed by atoms with Gasteiger partial charge in [-0.05, 0) is 69.4 Å². The molecule has 0 N–H and O–H groups in total. The van der Waals surface area contributed by atoms with E-state index in [1.807, 2.05) is 66.7 Å². The van der Waals surface area contributed by atoms with Crippen molar-refractivity contribution in [1.29, 1.82) is 0 Å². The topological polar surface area (TPSA) is 65.0 Å². The summed E-state index contributed by atoms with van der Waals surface area (Å²) >= 11 is 0. The van der Waals surface area contributed by atoms with Gasteiger partial charge in [-0.3, -0.25) is 0 Å². The number of para-hydroxylation sites is 1. The molecule has 11 rings (SSSR count). The molecule has 8 aromatic carbocycles. The van der Waals surface area contributed by atoms with Crippen molar-refractivity contribution in [3.63, 3.8) is 0 Å². The third-order valence-corrected chi connectivity index (χ3v) is 10.3. The zero-order valence-corrected chi connectivity index (χ0v) is 28.9. The first-order valence-electron chi connectivity index (χ1n) is 18.0. The van der Waals surface area contributed by atoms with Gasteiger partial charge in [0.05, 0.1) is 0 Å². The molecule has 3 heterocycles. The van der Waals surface area contributed by atoms with E-state index in [1.165, 1.54) is 5.39 Å². The van der Waals surface area contributed by atoms with E-state index in [4.69, 9.17) is 23.8 Å². The second-order valence-corrected chi connectivity index (χ2v) is 13.6. The minimum absolute atomic E-state index is 0.586. The second kappa shape index (κ2) is 12.1. The molecule has 5 nitrogen and oxygen atoms in total. The quantitative estimate of drug-likeness (QED) is 0.180. The molecule has 0 radical (unpaired) electrons. The number of rotatable bonds is 5. The fourth-order valence-corrected chi connectivity index (χ4v) is 7.81. The van der Waals surface area contributed by atoms with Crippen LogP contribution < -0.4 is 0 Å². The number of fused-ring (bicyclic) bond motifs is 7. The predicted molar refractivity (Wildman–Crippen MR) is 219 cm³/mol. The number of benzene rings is 8. The van der Waals surface area contributed by atoms with Crippen molar-refractivity contribution in [3.05, 3.63) is 176 Å². The molecule has 54 heavy (non-hydrogen) atoms. The van der Waals surface area contributed by atoms with E-state index >= 15 is 0 Å². The maximum absolute atomic E-state index is 6.49. The molecular formula is C49H29N3O2. The highest BCUT2D eigenvalue weighted by atomic mass is 16.3. The summed E-state index contributed by atoms with van der Waals surface area (Å²) in [5.74, 6) is 1.78. The highest BCUT2D eigenvalue weighted by molar-refractivity contribution is 6.17. The molecule has 0 amide bonds. The standard InChI is InChI=1S/C49H29N3O2/c1-3-13-30(14-4-1)39-28-34(25-26-35(39)36-20-11-23-42-45(36)40-27-32-17-7-8-18-33(32)29-44(40)54-42)48-50-47(31-15-5-2-6-16-31)51-49(52-48)38-21-12-24-43-46(38)37-19-9-10-22-41(37)53-43/h1-29H. The Morgan fingerprint density at radius 1 is 0.296 bits per heavy atom. The fourth-order valence-electron chi connectivity index (χ4n) is 7.81. The van der Waals surface area contributed by atoms with Crippen molar-refractivity contribution in [2.75, 3.05) is 0 Å². The van der Waals surface area contributed by atoms with Gasteiger partial charge in [0.1, 0.15) is 22.3 Å². The summed E-state index contributed by atoms with van der Waals surface area (Å²) in [4.78, 5) is 15.4. The Hall–Kier alpha value is -7.37. The maximum atomic E-state index is 6.49. The smallest absolute Gasteiger partial charge is 0.164 e. The lowest BCUT2D eigenvalue weighted by molar-refractivity contribution is 0.669. The summed E-state index contributed by atoms with van der Waals surface area (Å²) < 4.78 is 12.7. The Morgan fingerprint density at radius 2 is 0.870 bits per heavy atom. The van der Waals surface area contributed by atoms with Crippen molar-refractivity contribution in [1.82, 2.24) is 15.0 Å². The molecular weight excluding hydrogens is 663 g/mol. The van der Waals surface area contributed by atoms with Crippen LogP contribution in [0.1, 0.15) is 0 Å². The minimum Gasteiger partial charge on any atom is -0.456 e. The van der Waals surface area contributed by atoms with Crippen LogP contribution in [0.4, 0.5) is 0 Å². The Labute approximate surface area is 309 Å². The third kappa shape index (κ3) is 4.90. The van der Waals surface area contributed by atoms with Crippen molar-refractivity contribution in [2.45, 2.75) is 0 Å². The van der Waals surface area contributed by atoms with Gasteiger partial charge in [0, 0.05) is 38.2 Å². The molecule has 0 atom stereocenters. The van der Waals surface area contributed by atoms with Crippen molar-refractivity contribution < 1.29 is 8.83 Å². The summed E-state index contributed by atoms with van der Waals surface area (Å²) in [7, 11) is 0. The molecule has 11 aromatic rings. The molecule has 0 unspecified atom stereocenters. The lowest BCUT2D eigenvalue weighted by atomic mass is 9.90. The summed E-state index contributed by atoms with van der Waals surface area (Å²) in [5.41, 5.74) is 10.4. The molecule has 0 fully saturated rings. The average Bonchev–Trinajstić information content (AvgIpc) is 3.81. The van der Waals surface area contributed by atoms with Crippen molar-refractivity contribution in [2.24, 2.45) is 0 Å². The van der Waals surface area contributed by atoms with Crippen LogP contribution in [0.15, 0.2) is 185 Å². The van der Waals surface area contributed by atoms with Gasteiger partial charge < -0.3 is 8.83 Å². The summed E-state index contributed by atoms with van der Waals surface area (Å²) in [6.07, 6.45) is 0. The van der Waals surface area contributed by atoms with Gasteiger partial charge in [-0.1, -0.05) is 140 Å². The molecule has 0 spiro atoms. The van der Waals surface area contributed by atoms with Gasteiger partial charge in [0.25, 0.3) is 0 Å². The van der Waals surface area contributed by atoms with E-state index in [9.17, 15) is 0 Å². The average molecular weight is 692 g/mol. The van der Waals surface area contributed by atoms with Gasteiger partial charge in [0.2, 0.25) is 0 Å². The second-order valence-electron chi connectivity index (χ2n) is 13.6. The summed E-state index contributed by atoms with van der Waals surface area (Å²) in [5, 5.41) is 6.54. The number of hydrogen-bond donors (Lipinski definition) is 0. The highest BCUT2D eigenvalue weighted by Crippen LogP contribution is 2.43. The lowest BCUT2D eigenvalue weighted by Crippen LogP contribution is -2.01. The molecule has 5 heteroatoms. The van der Waals surface area contributed by atoms with E-state index in [-0.39, 0.29) is 0 Å². The first kappa shape index (κ1) is 30.3. The van der Waals surface area contributed by atoms with Gasteiger partial charge in [-0.25, -0.2) is 15.0 Å². The monoisotopic (exact) mass is 691 g/mol. The lowest BCUT2D eigenvalue weighted by Gasteiger charge is -2.15. The fraction of sp³-hybridized carbons (Fsp3) is 0. The van der Waals surface area contributed by atoms with Crippen LogP contribution in [-0.2, 0) is 0 Å². The zero-order valence-electron chi connectivity index (χ0n) is 28.9. The zero-order chi connectivity index (χ0) is 35.6. The first-order chi connectivity index (χ1) is 26.7. The molecule has 0 saturated heterocycles. The van der Waals surface area contributed by atoms with Gasteiger partial charge >= 0.3 is 0 Å². The van der Waals surface area contributed by atoms with Crippen LogP contribution in [-0.4, -0.2) is 15.0 Å². The minimum atomic E-state index is 0.586. The first-order valence-corrected chi connectivity index (χ1v) is 18.0. The van der Waals surface area contributed by atoms with E-state index < -0.39 is 0 Å². The number of nitrogens with zero attached hydrogens (tertiary/aromatic N) is 3. The molecule has 0 aliphatic heterocycles. The van der Waals surface area contributed by atoms with E-state index in [2.05, 4.69) is 109 Å². The summed E-state index contributed by atoms with van der Waals surface area (Å²) in [6, 6.07) is 60.4. The van der Waals surface area contributed by atoms with Crippen molar-refractivity contribution >= 4 is 54.6 Å². The van der Waals surface area contributed by atoms with E-state index in [1.54, 1.807) is 0 Å². The van der Waals surface area contributed by atoms with Gasteiger partial charge in [-0.15, -0.1) is 0 Å². The Kier molecular flexibility index (Phi) is 6.79. The van der Waals surface area contributed by atoms with Crippen LogP contribution in [0.3, 0.4) is 0 Å². The summed E-state index contributed by atoms with van der Waals surface area (Å²) in [6.45, 7) is 0. The predicted octanol–water partition coefficient (Wildman–Crippen LogP) is 13.2. The Bertz CT molecular complexity index is 3220. The molecule has 0 aliphatic carbocycles. The highest BCUT2D eigenvalue weighted by Gasteiger charge is 2.20. The molecule has 3 aromatic heterocycles. The van der Waals surface area contributed by atoms with E-state index in [0.29, 0.717) is 17.5 Å². The van der Waals surface area contributed by atoms with E-state index in [0.717, 1.165) is 88.2 Å².